The number of carbonyl (C=O) groups excluding carboxylic acids is 1. The van der Waals surface area contributed by atoms with Crippen molar-refractivity contribution in [1.82, 2.24) is 19.5 Å². The predicted molar refractivity (Wildman–Crippen MR) is 96.4 cm³/mol. The number of aromatic nitrogens is 3. The van der Waals surface area contributed by atoms with Crippen LogP contribution in [0, 0.1) is 12.7 Å². The number of rotatable bonds is 3. The van der Waals surface area contributed by atoms with Crippen LogP contribution >= 0.6 is 0 Å². The highest BCUT2D eigenvalue weighted by Gasteiger charge is 2.27. The second-order valence-corrected chi connectivity index (χ2v) is 6.87. The molecule has 134 valence electrons. The number of hydrogen-bond acceptors (Lipinski definition) is 3. The Morgan fingerprint density at radius 3 is 3.00 bits per heavy atom. The van der Waals surface area contributed by atoms with Crippen molar-refractivity contribution in [2.24, 2.45) is 0 Å². The highest BCUT2D eigenvalue weighted by atomic mass is 19.1. The molecule has 0 saturated carbocycles. The Morgan fingerprint density at radius 2 is 2.15 bits per heavy atom. The molecule has 1 unspecified atom stereocenters. The lowest BCUT2D eigenvalue weighted by Gasteiger charge is -2.33. The molecule has 0 aliphatic carbocycles. The van der Waals surface area contributed by atoms with Crippen LogP contribution in [0.15, 0.2) is 42.6 Å². The summed E-state index contributed by atoms with van der Waals surface area (Å²) in [6.07, 6.45) is 3.83. The number of carbonyl (C=O) groups is 1. The summed E-state index contributed by atoms with van der Waals surface area (Å²) in [6, 6.07) is 10.4. The van der Waals surface area contributed by atoms with E-state index in [1.54, 1.807) is 24.4 Å². The lowest BCUT2D eigenvalue weighted by Crippen LogP contribution is -2.40. The fourth-order valence-corrected chi connectivity index (χ4v) is 3.70. The number of aryl methyl sites for hydroxylation is 1. The van der Waals surface area contributed by atoms with Gasteiger partial charge in [0.25, 0.3) is 0 Å². The van der Waals surface area contributed by atoms with E-state index in [0.717, 1.165) is 36.4 Å². The van der Waals surface area contributed by atoms with Crippen LogP contribution in [0.25, 0.3) is 5.65 Å². The van der Waals surface area contributed by atoms with Gasteiger partial charge in [-0.3, -0.25) is 4.79 Å². The van der Waals surface area contributed by atoms with Gasteiger partial charge >= 0.3 is 0 Å². The van der Waals surface area contributed by atoms with Crippen molar-refractivity contribution in [3.05, 3.63) is 65.4 Å². The lowest BCUT2D eigenvalue weighted by atomic mass is 9.94. The van der Waals surface area contributed by atoms with Gasteiger partial charge in [-0.05, 0) is 37.5 Å². The largest absolute Gasteiger partial charge is 0.342 e. The van der Waals surface area contributed by atoms with E-state index < -0.39 is 0 Å². The average Bonchev–Trinajstić information content (AvgIpc) is 3.04. The number of halogens is 1. The van der Waals surface area contributed by atoms with Gasteiger partial charge in [0.2, 0.25) is 5.91 Å². The molecular weight excluding hydrogens is 331 g/mol. The maximum atomic E-state index is 13.8. The predicted octanol–water partition coefficient (Wildman–Crippen LogP) is 3.13. The topological polar surface area (TPSA) is 50.5 Å². The summed E-state index contributed by atoms with van der Waals surface area (Å²) >= 11 is 0. The normalized spacial score (nSPS) is 17.6. The molecule has 0 bridgehead atoms. The van der Waals surface area contributed by atoms with Gasteiger partial charge < -0.3 is 4.90 Å². The summed E-state index contributed by atoms with van der Waals surface area (Å²) in [5.74, 6) is -0.142. The van der Waals surface area contributed by atoms with Gasteiger partial charge in [0.1, 0.15) is 5.82 Å². The van der Waals surface area contributed by atoms with Gasteiger partial charge in [-0.25, -0.2) is 13.9 Å². The van der Waals surface area contributed by atoms with E-state index in [4.69, 9.17) is 0 Å². The van der Waals surface area contributed by atoms with Crippen molar-refractivity contribution >= 4 is 11.6 Å². The molecule has 1 atom stereocenters. The molecule has 1 fully saturated rings. The Balaban J connectivity index is 1.54. The highest BCUT2D eigenvalue weighted by Crippen LogP contribution is 2.27. The Morgan fingerprint density at radius 1 is 1.31 bits per heavy atom. The minimum Gasteiger partial charge on any atom is -0.342 e. The molecule has 4 rings (SSSR count). The van der Waals surface area contributed by atoms with Crippen molar-refractivity contribution in [2.75, 3.05) is 13.1 Å². The zero-order chi connectivity index (χ0) is 18.1. The van der Waals surface area contributed by atoms with Crippen molar-refractivity contribution in [2.45, 2.75) is 32.1 Å². The first-order chi connectivity index (χ1) is 12.6. The van der Waals surface area contributed by atoms with Crippen LogP contribution in [0.3, 0.4) is 0 Å². The van der Waals surface area contributed by atoms with Crippen LogP contribution in [-0.4, -0.2) is 38.5 Å². The highest BCUT2D eigenvalue weighted by molar-refractivity contribution is 5.79. The number of hydrogen-bond donors (Lipinski definition) is 0. The van der Waals surface area contributed by atoms with Crippen LogP contribution in [0.4, 0.5) is 4.39 Å². The quantitative estimate of drug-likeness (QED) is 0.728. The Labute approximate surface area is 151 Å². The van der Waals surface area contributed by atoms with Crippen molar-refractivity contribution in [3.8, 4) is 0 Å². The smallest absolute Gasteiger partial charge is 0.227 e. The molecule has 6 heteroatoms. The van der Waals surface area contributed by atoms with Crippen molar-refractivity contribution in [1.29, 1.82) is 0 Å². The van der Waals surface area contributed by atoms with E-state index in [2.05, 4.69) is 10.1 Å². The molecule has 3 heterocycles. The van der Waals surface area contributed by atoms with E-state index >= 15 is 0 Å². The van der Waals surface area contributed by atoms with E-state index in [-0.39, 0.29) is 24.1 Å². The summed E-state index contributed by atoms with van der Waals surface area (Å²) in [6.45, 7) is 3.30. The third-order valence-corrected chi connectivity index (χ3v) is 5.00. The molecule has 0 N–H and O–H groups in total. The van der Waals surface area contributed by atoms with E-state index in [0.29, 0.717) is 12.1 Å². The van der Waals surface area contributed by atoms with Gasteiger partial charge in [0.15, 0.2) is 5.65 Å². The van der Waals surface area contributed by atoms with Crippen LogP contribution in [0.2, 0.25) is 0 Å². The molecular formula is C20H21FN4O. The number of likely N-dealkylation sites (tertiary alicyclic amines) is 1. The zero-order valence-corrected chi connectivity index (χ0v) is 14.7. The van der Waals surface area contributed by atoms with Gasteiger partial charge in [0, 0.05) is 31.3 Å². The third kappa shape index (κ3) is 3.19. The molecule has 1 aliphatic rings. The molecule has 2 aromatic heterocycles. The molecule has 5 nitrogen and oxygen atoms in total. The van der Waals surface area contributed by atoms with Crippen molar-refractivity contribution < 1.29 is 9.18 Å². The van der Waals surface area contributed by atoms with Gasteiger partial charge in [-0.15, -0.1) is 0 Å². The summed E-state index contributed by atoms with van der Waals surface area (Å²) in [4.78, 5) is 18.9. The summed E-state index contributed by atoms with van der Waals surface area (Å²) in [7, 11) is 0. The van der Waals surface area contributed by atoms with Crippen LogP contribution in [-0.2, 0) is 11.2 Å². The number of piperidine rings is 1. The number of nitrogens with zero attached hydrogens (tertiary/aromatic N) is 4. The monoisotopic (exact) mass is 352 g/mol. The fourth-order valence-electron chi connectivity index (χ4n) is 3.70. The summed E-state index contributed by atoms with van der Waals surface area (Å²) in [5.41, 5.74) is 3.28. The molecule has 1 aliphatic heterocycles. The van der Waals surface area contributed by atoms with Gasteiger partial charge in [0.05, 0.1) is 17.8 Å². The molecule has 0 spiro atoms. The van der Waals surface area contributed by atoms with E-state index in [9.17, 15) is 9.18 Å². The molecule has 1 saturated heterocycles. The van der Waals surface area contributed by atoms with Gasteiger partial charge in [-0.1, -0.05) is 18.2 Å². The first-order valence-electron chi connectivity index (χ1n) is 8.94. The van der Waals surface area contributed by atoms with E-state index in [1.165, 1.54) is 6.07 Å². The Kier molecular flexibility index (Phi) is 4.41. The Bertz CT molecular complexity index is 952. The second kappa shape index (κ2) is 6.86. The van der Waals surface area contributed by atoms with Crippen LogP contribution in [0.1, 0.15) is 35.7 Å². The second-order valence-electron chi connectivity index (χ2n) is 6.87. The fraction of sp³-hybridized carbons (Fsp3) is 0.350. The first kappa shape index (κ1) is 16.7. The maximum absolute atomic E-state index is 13.8. The number of benzene rings is 1. The molecule has 1 aromatic carbocycles. The molecule has 0 radical (unpaired) electrons. The number of amides is 1. The van der Waals surface area contributed by atoms with Crippen LogP contribution < -0.4 is 0 Å². The molecule has 1 amide bonds. The summed E-state index contributed by atoms with van der Waals surface area (Å²) < 4.78 is 15.7. The lowest BCUT2D eigenvalue weighted by molar-refractivity contribution is -0.131. The first-order valence-corrected chi connectivity index (χ1v) is 8.94. The maximum Gasteiger partial charge on any atom is 0.227 e. The number of fused-ring (bicyclic) bond motifs is 1. The average molecular weight is 352 g/mol. The minimum atomic E-state index is -0.322. The SMILES string of the molecule is Cc1cc2nccc(C3CCCN(C(=O)Cc4ccccc4F)C3)n2n1. The zero-order valence-electron chi connectivity index (χ0n) is 14.7. The summed E-state index contributed by atoms with van der Waals surface area (Å²) in [5, 5.41) is 4.54. The standard InChI is InChI=1S/C20H21FN4O/c1-14-11-19-22-9-8-18(25(19)23-14)16-6-4-10-24(13-16)20(26)12-15-5-2-3-7-17(15)21/h2-3,5,7-9,11,16H,4,6,10,12-13H2,1H3. The van der Waals surface area contributed by atoms with Crippen LogP contribution in [0.5, 0.6) is 0 Å². The third-order valence-electron chi connectivity index (χ3n) is 5.00. The Hall–Kier alpha value is -2.76. The molecule has 3 aromatic rings. The van der Waals surface area contributed by atoms with Gasteiger partial charge in [-0.2, -0.15) is 5.10 Å². The van der Waals surface area contributed by atoms with Crippen molar-refractivity contribution in [3.63, 3.8) is 0 Å². The van der Waals surface area contributed by atoms with E-state index in [1.807, 2.05) is 28.5 Å². The molecule has 26 heavy (non-hydrogen) atoms. The minimum absolute atomic E-state index is 0.0262.